The Hall–Kier alpha value is -11.8. The molecule has 418 valence electrons. The molecule has 0 amide bonds. The van der Waals surface area contributed by atoms with E-state index in [1.807, 2.05) is 6.07 Å². The van der Waals surface area contributed by atoms with Crippen LogP contribution in [0.15, 0.2) is 335 Å². The van der Waals surface area contributed by atoms with Gasteiger partial charge in [-0.2, -0.15) is 0 Å². The molecule has 17 aromatic carbocycles. The SMILES string of the molecule is [2H]c1c([2H])c(-c2c3c([2H])c([2H])c([2H])c([2H])c3c(-c3c([2H])c([2H])c([2H])c4c([2H])c([2H])c([2H])c([2H])c34)c3c([2H])c([2H])c([2H])c([2H])c23)c([2H])c([2H])c1-c1cccc2c1oc1ccccc12.[2H]c1c([2H])c([2H])c2c(-c3c4c([2H])c([2H])c([2H])c([2H])c4c(-c4c([2H])c([2H])c(-c5cccc6c5oc5ccccc56)c5c([2H])c([2H])c([2H])c([2H])c45)c4c([2H])c([2H])c([2H])c([2H])c34)c([2H])c([2H])c([2H])c2c1[2H]. The number of benzene rings is 17. The number of rotatable bonds is 6. The van der Waals surface area contributed by atoms with Gasteiger partial charge in [0.1, 0.15) is 22.3 Å². The Morgan fingerprint density at radius 1 is 0.189 bits per heavy atom. The van der Waals surface area contributed by atoms with Crippen LogP contribution >= 0.6 is 0 Å². The second kappa shape index (κ2) is 21.0. The van der Waals surface area contributed by atoms with E-state index >= 15 is 0 Å². The molecule has 19 aromatic rings. The van der Waals surface area contributed by atoms with Crippen LogP contribution in [0.2, 0.25) is 0 Å². The van der Waals surface area contributed by atoms with Gasteiger partial charge in [0.25, 0.3) is 0 Å². The molecule has 0 radical (unpaired) electrons. The highest BCUT2D eigenvalue weighted by Crippen LogP contribution is 2.50. The third kappa shape index (κ3) is 8.12. The number of fused-ring (bicyclic) bond motifs is 13. The maximum absolute atomic E-state index is 9.89. The minimum atomic E-state index is -0.913. The van der Waals surface area contributed by atoms with Crippen molar-refractivity contribution in [2.45, 2.75) is 0 Å². The monoisotopic (exact) mass is 1180 g/mol. The van der Waals surface area contributed by atoms with E-state index < -0.39 is 356 Å². The molecule has 0 aliphatic heterocycles. The van der Waals surface area contributed by atoms with E-state index in [4.69, 9.17) is 39.0 Å². The highest BCUT2D eigenvalue weighted by molar-refractivity contribution is 6.27. The van der Waals surface area contributed by atoms with Crippen LogP contribution in [0.25, 0.3) is 186 Å². The summed E-state index contributed by atoms with van der Waals surface area (Å²) in [5.41, 5.74) is -3.34. The molecule has 2 aromatic heterocycles. The first-order chi connectivity index (χ1) is 61.3. The van der Waals surface area contributed by atoms with Crippen molar-refractivity contribution in [1.29, 1.82) is 0 Å². The topological polar surface area (TPSA) is 26.3 Å². The maximum Gasteiger partial charge on any atom is 0.143 e. The number of para-hydroxylation sites is 4. The summed E-state index contributed by atoms with van der Waals surface area (Å²) in [6.07, 6.45) is 0. The quantitative estimate of drug-likeness (QED) is 0.155. The van der Waals surface area contributed by atoms with Crippen LogP contribution in [0.1, 0.15) is 54.8 Å². The number of hydrogen-bond donors (Lipinski definition) is 0. The third-order valence-electron chi connectivity index (χ3n) is 15.8. The standard InChI is InChI=1S/C46H28O.C42H26O/c1-2-15-30-29(13-1)14-11-23-35(30)44-36-19-5-7-21-38(36)45(39-22-8-6-20-37(39)44)40-28-27-33(31-16-3-4-17-32(31)40)41-24-12-25-42-34-18-9-10-26-43(34)47-46(41)42;1-2-13-30-27(11-1)12-9-20-33(30)41-36-17-5-3-15-34(36)40(35-16-4-6-18-37(35)41)29-25-23-28(24-26-29)31-19-10-21-38-32-14-7-8-22-39(32)43-42(31)38/h1-28H;1-26H/i1D,2D,3D,4D,5D,6D,7D,8D,11D,13D,14D,15D,16D,17D,19D,20D,21D,22D,23D,27D,28D;1D,2D,3D,4D,5D,6D,9D,11D,12D,13D,15D,16D,17D,18D,20D,23D,24D,25D,26D. The van der Waals surface area contributed by atoms with Crippen molar-refractivity contribution in [3.05, 3.63) is 327 Å². The third-order valence-corrected chi connectivity index (χ3v) is 15.8. The summed E-state index contributed by atoms with van der Waals surface area (Å²) in [4.78, 5) is 0. The van der Waals surface area contributed by atoms with Crippen LogP contribution < -0.4 is 0 Å². The van der Waals surface area contributed by atoms with Gasteiger partial charge in [-0.1, -0.05) is 314 Å². The van der Waals surface area contributed by atoms with Gasteiger partial charge in [-0.15, -0.1) is 0 Å². The Morgan fingerprint density at radius 3 is 0.978 bits per heavy atom. The van der Waals surface area contributed by atoms with E-state index in [1.165, 1.54) is 0 Å². The van der Waals surface area contributed by atoms with E-state index in [0.717, 1.165) is 5.39 Å². The van der Waals surface area contributed by atoms with Gasteiger partial charge in [-0.3, -0.25) is 0 Å². The zero-order chi connectivity index (χ0) is 94.0. The second-order valence-electron chi connectivity index (χ2n) is 20.6. The van der Waals surface area contributed by atoms with Crippen molar-refractivity contribution in [2.75, 3.05) is 0 Å². The molecule has 0 atom stereocenters. The van der Waals surface area contributed by atoms with Gasteiger partial charge in [0.15, 0.2) is 0 Å². The van der Waals surface area contributed by atoms with Gasteiger partial charge in [-0.25, -0.2) is 0 Å². The van der Waals surface area contributed by atoms with Crippen LogP contribution in [-0.4, -0.2) is 0 Å². The summed E-state index contributed by atoms with van der Waals surface area (Å²) in [5, 5.41) is -5.18. The van der Waals surface area contributed by atoms with E-state index in [9.17, 15) is 24.7 Å². The number of furan rings is 2. The number of hydrogen-bond acceptors (Lipinski definition) is 2. The molecule has 0 spiro atoms. The zero-order valence-corrected chi connectivity index (χ0v) is 45.9. The lowest BCUT2D eigenvalue weighted by atomic mass is 9.83. The molecule has 0 fully saturated rings. The first-order valence-electron chi connectivity index (χ1n) is 47.7. The molecule has 90 heavy (non-hydrogen) atoms. The van der Waals surface area contributed by atoms with Gasteiger partial charge in [-0.05, 0) is 143 Å². The molecule has 0 saturated carbocycles. The predicted octanol–water partition coefficient (Wildman–Crippen LogP) is 25.2. The van der Waals surface area contributed by atoms with Gasteiger partial charge in [0.2, 0.25) is 0 Å². The minimum absolute atomic E-state index is 0.149. The van der Waals surface area contributed by atoms with E-state index in [2.05, 4.69) is 0 Å². The predicted molar refractivity (Wildman–Crippen MR) is 383 cm³/mol. The van der Waals surface area contributed by atoms with Crippen LogP contribution in [0.4, 0.5) is 0 Å². The lowest BCUT2D eigenvalue weighted by Gasteiger charge is -2.20. The first-order valence-corrected chi connectivity index (χ1v) is 27.7. The Balaban J connectivity index is 0.000000176. The fourth-order valence-corrected chi connectivity index (χ4v) is 12.0. The van der Waals surface area contributed by atoms with Gasteiger partial charge < -0.3 is 8.83 Å². The normalized spacial score (nSPS) is 18.0. The van der Waals surface area contributed by atoms with Gasteiger partial charge >= 0.3 is 0 Å². The molecular formula is C88H54O2. The smallest absolute Gasteiger partial charge is 0.143 e. The summed E-state index contributed by atoms with van der Waals surface area (Å²) in [5.74, 6) is 0. The minimum Gasteiger partial charge on any atom is -0.455 e. The Bertz CT molecular complexity index is 8400. The Morgan fingerprint density at radius 2 is 0.511 bits per heavy atom. The van der Waals surface area contributed by atoms with Crippen LogP contribution in [-0.2, 0) is 0 Å². The molecule has 0 N–H and O–H groups in total. The molecule has 0 unspecified atom stereocenters. The van der Waals surface area contributed by atoms with Crippen molar-refractivity contribution in [2.24, 2.45) is 0 Å². The summed E-state index contributed by atoms with van der Waals surface area (Å²) in [7, 11) is 0. The summed E-state index contributed by atoms with van der Waals surface area (Å²) in [6, 6.07) is -8.86. The average molecular weight is 1180 g/mol. The fourth-order valence-electron chi connectivity index (χ4n) is 12.0. The van der Waals surface area contributed by atoms with Gasteiger partial charge in [0, 0.05) is 32.7 Å². The molecule has 0 saturated heterocycles. The molecular weight excluding hydrogens is 1090 g/mol. The van der Waals surface area contributed by atoms with Crippen molar-refractivity contribution >= 4 is 119 Å². The average Bonchev–Trinajstić information content (AvgIpc) is 0.801. The molecule has 0 aliphatic rings. The summed E-state index contributed by atoms with van der Waals surface area (Å²) < 4.78 is 376. The van der Waals surface area contributed by atoms with E-state index in [-0.39, 0.29) is 38.8 Å². The van der Waals surface area contributed by atoms with Crippen LogP contribution in [0.5, 0.6) is 0 Å². The van der Waals surface area contributed by atoms with Crippen molar-refractivity contribution < 1.29 is 63.7 Å². The zero-order valence-electron chi connectivity index (χ0n) is 85.9. The second-order valence-corrected chi connectivity index (χ2v) is 20.6. The first kappa shape index (κ1) is 25.5. The molecule has 2 nitrogen and oxygen atoms in total. The lowest BCUT2D eigenvalue weighted by Crippen LogP contribution is -1.93. The summed E-state index contributed by atoms with van der Waals surface area (Å²) >= 11 is 0. The van der Waals surface area contributed by atoms with Crippen molar-refractivity contribution in [1.82, 2.24) is 0 Å². The van der Waals surface area contributed by atoms with E-state index in [0.29, 0.717) is 27.3 Å². The molecule has 0 aliphatic carbocycles. The largest absolute Gasteiger partial charge is 0.455 e. The van der Waals surface area contributed by atoms with Crippen LogP contribution in [0, 0.1) is 0 Å². The van der Waals surface area contributed by atoms with Crippen LogP contribution in [0.3, 0.4) is 0 Å². The Kier molecular flexibility index (Phi) is 5.93. The summed E-state index contributed by atoms with van der Waals surface area (Å²) in [6.45, 7) is 0. The van der Waals surface area contributed by atoms with Crippen molar-refractivity contribution in [3.63, 3.8) is 0 Å². The van der Waals surface area contributed by atoms with Crippen molar-refractivity contribution in [3.8, 4) is 66.8 Å². The molecule has 2 heteroatoms. The maximum atomic E-state index is 9.89. The molecule has 2 heterocycles. The highest BCUT2D eigenvalue weighted by Gasteiger charge is 2.23. The molecule has 0 bridgehead atoms. The highest BCUT2D eigenvalue weighted by atomic mass is 16.3. The van der Waals surface area contributed by atoms with E-state index in [1.54, 1.807) is 78.9 Å². The van der Waals surface area contributed by atoms with Gasteiger partial charge in [0.05, 0.1) is 54.8 Å². The fraction of sp³-hybridized carbons (Fsp3) is 0. The Labute approximate surface area is 575 Å². The lowest BCUT2D eigenvalue weighted by molar-refractivity contribution is 0.669. The molecule has 19 rings (SSSR count).